The number of carbonyl (C=O) groups excluding carboxylic acids is 1. The number of carbonyl (C=O) groups is 1. The van der Waals surface area contributed by atoms with Crippen molar-refractivity contribution in [3.05, 3.63) is 41.3 Å². The Kier molecular flexibility index (Phi) is 5.57. The Hall–Kier alpha value is -1.55. The van der Waals surface area contributed by atoms with Crippen molar-refractivity contribution >= 4 is 33.4 Å². The molecular formula is C22H29N3O4S2. The number of aliphatic hydroxyl groups is 1. The van der Waals surface area contributed by atoms with Crippen LogP contribution in [-0.4, -0.2) is 73.6 Å². The van der Waals surface area contributed by atoms with E-state index in [0.717, 1.165) is 17.7 Å². The maximum atomic E-state index is 12.5. The lowest BCUT2D eigenvalue weighted by atomic mass is 9.63. The van der Waals surface area contributed by atoms with E-state index in [1.165, 1.54) is 10.6 Å². The molecule has 4 aliphatic rings. The molecule has 1 amide bonds. The molecule has 1 aromatic carbocycles. The fourth-order valence-electron chi connectivity index (χ4n) is 5.78. The number of fused-ring (bicyclic) bond motifs is 3. The van der Waals surface area contributed by atoms with Crippen LogP contribution in [0.15, 0.2) is 35.7 Å². The van der Waals surface area contributed by atoms with Gasteiger partial charge in [-0.25, -0.2) is 8.42 Å². The highest BCUT2D eigenvalue weighted by Gasteiger charge is 2.51. The number of nitrogens with one attached hydrogen (secondary N) is 1. The van der Waals surface area contributed by atoms with E-state index in [4.69, 9.17) is 0 Å². The van der Waals surface area contributed by atoms with Gasteiger partial charge in [-0.15, -0.1) is 11.8 Å². The molecule has 6 unspecified atom stereocenters. The Morgan fingerprint density at radius 3 is 2.48 bits per heavy atom. The van der Waals surface area contributed by atoms with Gasteiger partial charge in [0, 0.05) is 49.7 Å². The number of rotatable bonds is 3. The monoisotopic (exact) mass is 463 g/mol. The molecule has 5 rings (SSSR count). The second-order valence-electron chi connectivity index (χ2n) is 9.07. The maximum Gasteiger partial charge on any atom is 0.234 e. The SMILES string of the molecule is CS(=O)(=O)N1CCN(c2ccc(C3C(O)CCC4NC(=O)C5SC=CC5C43)cc2)CC1. The molecule has 0 aromatic heterocycles. The lowest BCUT2D eigenvalue weighted by Crippen LogP contribution is -2.59. The molecule has 3 heterocycles. The fourth-order valence-corrected chi connectivity index (χ4v) is 7.69. The Morgan fingerprint density at radius 2 is 1.81 bits per heavy atom. The predicted molar refractivity (Wildman–Crippen MR) is 122 cm³/mol. The fraction of sp³-hybridized carbons (Fsp3) is 0.591. The number of allylic oxidation sites excluding steroid dienone is 1. The summed E-state index contributed by atoms with van der Waals surface area (Å²) in [6.07, 6.45) is 4.51. The summed E-state index contributed by atoms with van der Waals surface area (Å²) in [4.78, 5) is 14.7. The van der Waals surface area contributed by atoms with Gasteiger partial charge in [-0.1, -0.05) is 18.2 Å². The Morgan fingerprint density at radius 1 is 1.10 bits per heavy atom. The molecule has 9 heteroatoms. The number of piperazine rings is 1. The highest BCUT2D eigenvalue weighted by atomic mass is 32.2. The van der Waals surface area contributed by atoms with E-state index < -0.39 is 16.1 Å². The van der Waals surface area contributed by atoms with Crippen molar-refractivity contribution in [3.63, 3.8) is 0 Å². The summed E-state index contributed by atoms with van der Waals surface area (Å²) in [7, 11) is -3.14. The molecule has 7 nitrogen and oxygen atoms in total. The molecule has 168 valence electrons. The lowest BCUT2D eigenvalue weighted by molar-refractivity contribution is -0.126. The van der Waals surface area contributed by atoms with Crippen LogP contribution in [0.5, 0.6) is 0 Å². The number of nitrogens with zero attached hydrogens (tertiary/aromatic N) is 2. The molecule has 2 N–H and O–H groups in total. The zero-order valence-corrected chi connectivity index (χ0v) is 19.2. The average molecular weight is 464 g/mol. The summed E-state index contributed by atoms with van der Waals surface area (Å²) in [6, 6.07) is 8.48. The van der Waals surface area contributed by atoms with Gasteiger partial charge in [-0.3, -0.25) is 4.79 Å². The van der Waals surface area contributed by atoms with E-state index in [1.54, 1.807) is 11.8 Å². The minimum atomic E-state index is -3.14. The first-order chi connectivity index (χ1) is 14.8. The van der Waals surface area contributed by atoms with E-state index in [0.29, 0.717) is 32.6 Å². The third kappa shape index (κ3) is 3.90. The zero-order chi connectivity index (χ0) is 21.8. The molecule has 0 radical (unpaired) electrons. The second kappa shape index (κ2) is 8.10. The average Bonchev–Trinajstić information content (AvgIpc) is 3.25. The van der Waals surface area contributed by atoms with Crippen molar-refractivity contribution in [2.45, 2.75) is 36.2 Å². The molecule has 6 atom stereocenters. The number of benzene rings is 1. The molecular weight excluding hydrogens is 434 g/mol. The summed E-state index contributed by atoms with van der Waals surface area (Å²) in [5.74, 6) is 0.473. The molecule has 1 aliphatic carbocycles. The number of piperidine rings is 1. The summed E-state index contributed by atoms with van der Waals surface area (Å²) in [6.45, 7) is 2.33. The van der Waals surface area contributed by atoms with Gasteiger partial charge < -0.3 is 15.3 Å². The van der Waals surface area contributed by atoms with Crippen LogP contribution in [0.4, 0.5) is 5.69 Å². The quantitative estimate of drug-likeness (QED) is 0.704. The van der Waals surface area contributed by atoms with E-state index in [2.05, 4.69) is 40.6 Å². The van der Waals surface area contributed by atoms with Crippen molar-refractivity contribution in [2.75, 3.05) is 37.3 Å². The minimum Gasteiger partial charge on any atom is -0.392 e. The van der Waals surface area contributed by atoms with Gasteiger partial charge in [0.25, 0.3) is 0 Å². The molecule has 3 aliphatic heterocycles. The highest BCUT2D eigenvalue weighted by molar-refractivity contribution is 8.03. The van der Waals surface area contributed by atoms with Crippen LogP contribution in [0.1, 0.15) is 24.3 Å². The molecule has 3 fully saturated rings. The van der Waals surface area contributed by atoms with Crippen LogP contribution in [0.25, 0.3) is 0 Å². The molecule has 0 bridgehead atoms. The maximum absolute atomic E-state index is 12.5. The van der Waals surface area contributed by atoms with Crippen molar-refractivity contribution < 1.29 is 18.3 Å². The third-order valence-electron chi connectivity index (χ3n) is 7.32. The van der Waals surface area contributed by atoms with Crippen LogP contribution in [0.3, 0.4) is 0 Å². The smallest absolute Gasteiger partial charge is 0.234 e. The van der Waals surface area contributed by atoms with Crippen LogP contribution in [0.2, 0.25) is 0 Å². The Labute approximate surface area is 187 Å². The zero-order valence-electron chi connectivity index (χ0n) is 17.6. The van der Waals surface area contributed by atoms with Crippen molar-refractivity contribution in [3.8, 4) is 0 Å². The third-order valence-corrected chi connectivity index (χ3v) is 9.76. The van der Waals surface area contributed by atoms with Crippen LogP contribution < -0.4 is 10.2 Å². The first kappa shape index (κ1) is 21.3. The van der Waals surface area contributed by atoms with Crippen molar-refractivity contribution in [1.82, 2.24) is 9.62 Å². The number of aliphatic hydroxyl groups excluding tert-OH is 1. The van der Waals surface area contributed by atoms with Gasteiger partial charge in [0.05, 0.1) is 17.6 Å². The Balaban J connectivity index is 1.35. The minimum absolute atomic E-state index is 0.00803. The second-order valence-corrected chi connectivity index (χ2v) is 12.1. The normalized spacial score (nSPS) is 36.1. The molecule has 2 saturated heterocycles. The number of amides is 1. The van der Waals surface area contributed by atoms with Crippen LogP contribution >= 0.6 is 11.8 Å². The summed E-state index contributed by atoms with van der Waals surface area (Å²) in [5.41, 5.74) is 2.19. The number of thioether (sulfide) groups is 1. The van der Waals surface area contributed by atoms with Crippen LogP contribution in [0, 0.1) is 11.8 Å². The van der Waals surface area contributed by atoms with Gasteiger partial charge >= 0.3 is 0 Å². The van der Waals surface area contributed by atoms with Crippen molar-refractivity contribution in [2.24, 2.45) is 11.8 Å². The van der Waals surface area contributed by atoms with Gasteiger partial charge in [0.1, 0.15) is 0 Å². The number of hydrogen-bond donors (Lipinski definition) is 2. The largest absolute Gasteiger partial charge is 0.392 e. The lowest BCUT2D eigenvalue weighted by Gasteiger charge is -2.48. The van der Waals surface area contributed by atoms with Gasteiger partial charge in [0.15, 0.2) is 0 Å². The van der Waals surface area contributed by atoms with Crippen molar-refractivity contribution in [1.29, 1.82) is 0 Å². The first-order valence-electron chi connectivity index (χ1n) is 10.9. The van der Waals surface area contributed by atoms with Gasteiger partial charge in [-0.2, -0.15) is 4.31 Å². The van der Waals surface area contributed by atoms with E-state index in [1.807, 2.05) is 5.41 Å². The van der Waals surface area contributed by atoms with E-state index >= 15 is 0 Å². The number of sulfonamides is 1. The van der Waals surface area contributed by atoms with E-state index in [9.17, 15) is 18.3 Å². The molecule has 31 heavy (non-hydrogen) atoms. The standard InChI is InChI=1S/C22H29N3O4S2/c1-31(28,29)25-11-9-24(10-12-25)15-4-2-14(3-5-15)19-18(26)7-6-17-20(19)16-8-13-30-21(16)22(27)23-17/h2-5,8,13,16-21,26H,6-7,9-12H2,1H3,(H,23,27). The highest BCUT2D eigenvalue weighted by Crippen LogP contribution is 2.50. The summed E-state index contributed by atoms with van der Waals surface area (Å²) < 4.78 is 25.0. The molecule has 1 aromatic rings. The van der Waals surface area contributed by atoms with Gasteiger partial charge in [0.2, 0.25) is 15.9 Å². The topological polar surface area (TPSA) is 90.0 Å². The molecule has 1 saturated carbocycles. The van der Waals surface area contributed by atoms with Crippen LogP contribution in [-0.2, 0) is 14.8 Å². The summed E-state index contributed by atoms with van der Waals surface area (Å²) >= 11 is 1.58. The number of hydrogen-bond acceptors (Lipinski definition) is 6. The van der Waals surface area contributed by atoms with Gasteiger partial charge in [-0.05, 0) is 41.9 Å². The number of anilines is 1. The Bertz CT molecular complexity index is 973. The summed E-state index contributed by atoms with van der Waals surface area (Å²) in [5, 5.41) is 16.1. The first-order valence-corrected chi connectivity index (χ1v) is 13.7. The predicted octanol–water partition coefficient (Wildman–Crippen LogP) is 1.37. The van der Waals surface area contributed by atoms with E-state index in [-0.39, 0.29) is 35.0 Å². The molecule has 0 spiro atoms.